The Morgan fingerprint density at radius 3 is 1.34 bits per heavy atom. The van der Waals surface area contributed by atoms with Gasteiger partial charge in [-0.1, -0.05) is 276 Å². The summed E-state index contributed by atoms with van der Waals surface area (Å²) >= 11 is 1.31. The molecule has 6 N–H and O–H groups in total. The number of amides is 2. The van der Waals surface area contributed by atoms with Crippen molar-refractivity contribution in [2.45, 2.75) is 359 Å². The summed E-state index contributed by atoms with van der Waals surface area (Å²) in [5.74, 6) is -1.11. The van der Waals surface area contributed by atoms with Crippen LogP contribution in [0.4, 0.5) is 5.82 Å². The second kappa shape index (κ2) is 52.5. The topological polar surface area (TPSA) is 232 Å². The van der Waals surface area contributed by atoms with Crippen LogP contribution >= 0.6 is 11.8 Å². The van der Waals surface area contributed by atoms with Crippen molar-refractivity contribution in [1.82, 2.24) is 20.3 Å². The van der Waals surface area contributed by atoms with Gasteiger partial charge in [0, 0.05) is 30.8 Å². The number of nitrogens with zero attached hydrogens (tertiary/aromatic N) is 3. The number of anilines is 1. The molecule has 82 heavy (non-hydrogen) atoms. The normalized spacial score (nSPS) is 17.2. The molecule has 0 radical (unpaired) electrons. The molecule has 478 valence electrons. The predicted molar refractivity (Wildman–Crippen MR) is 332 cm³/mol. The highest BCUT2D eigenvalue weighted by molar-refractivity contribution is 7.99. The number of aliphatic hydroxyl groups excluding tert-OH is 4. The maximum Gasteiger partial charge on any atom is 0.306 e. The van der Waals surface area contributed by atoms with Crippen LogP contribution in [0.1, 0.15) is 310 Å². The van der Waals surface area contributed by atoms with Gasteiger partial charge in [0.2, 0.25) is 11.8 Å². The van der Waals surface area contributed by atoms with Crippen molar-refractivity contribution in [1.29, 1.82) is 0 Å². The first-order valence-corrected chi connectivity index (χ1v) is 34.9. The van der Waals surface area contributed by atoms with Crippen LogP contribution in [0.25, 0.3) is 0 Å². The monoisotopic (exact) mass is 1180 g/mol. The third-order valence-corrected chi connectivity index (χ3v) is 17.2. The van der Waals surface area contributed by atoms with Crippen molar-refractivity contribution in [2.75, 3.05) is 23.4 Å². The zero-order chi connectivity index (χ0) is 59.5. The van der Waals surface area contributed by atoms with Crippen molar-refractivity contribution in [3.05, 3.63) is 6.20 Å². The molecular formula is C65H121N5O11S. The van der Waals surface area contributed by atoms with E-state index in [1.54, 1.807) is 0 Å². The minimum absolute atomic E-state index is 0.0439. The van der Waals surface area contributed by atoms with Crippen molar-refractivity contribution >= 4 is 41.3 Å². The number of thioether (sulfide) groups is 1. The van der Waals surface area contributed by atoms with Crippen LogP contribution < -0.4 is 10.6 Å². The number of unbranched alkanes of at least 4 members (excludes halogenated alkanes) is 39. The van der Waals surface area contributed by atoms with Gasteiger partial charge in [-0.3, -0.25) is 19.2 Å². The van der Waals surface area contributed by atoms with Crippen molar-refractivity contribution in [2.24, 2.45) is 0 Å². The molecule has 2 heterocycles. The summed E-state index contributed by atoms with van der Waals surface area (Å²) in [6.45, 7) is 6.42. The zero-order valence-corrected chi connectivity index (χ0v) is 53.0. The van der Waals surface area contributed by atoms with E-state index in [-0.39, 0.29) is 61.2 Å². The Kier molecular flexibility index (Phi) is 48.2. The van der Waals surface area contributed by atoms with E-state index < -0.39 is 48.8 Å². The molecule has 2 rings (SSSR count). The number of hydrogen-bond donors (Lipinski definition) is 6. The quantitative estimate of drug-likeness (QED) is 0.0263. The number of esters is 2. The summed E-state index contributed by atoms with van der Waals surface area (Å²) in [5, 5.41) is 54.3. The second-order valence-corrected chi connectivity index (χ2v) is 24.9. The van der Waals surface area contributed by atoms with Crippen molar-refractivity contribution in [3.8, 4) is 0 Å². The van der Waals surface area contributed by atoms with Crippen LogP contribution in [0.2, 0.25) is 0 Å². The fraction of sp³-hybridized carbons (Fsp3) is 0.908. The van der Waals surface area contributed by atoms with Gasteiger partial charge in [-0.15, -0.1) is 5.10 Å². The van der Waals surface area contributed by atoms with Gasteiger partial charge < -0.3 is 45.3 Å². The first kappa shape index (κ1) is 75.3. The van der Waals surface area contributed by atoms with Gasteiger partial charge in [-0.25, -0.2) is 4.68 Å². The first-order chi connectivity index (χ1) is 40.0. The summed E-state index contributed by atoms with van der Waals surface area (Å²) in [6.07, 6.45) is 44.9. The second-order valence-electron chi connectivity index (χ2n) is 23.8. The number of ether oxygens (including phenoxy) is 3. The Morgan fingerprint density at radius 2 is 0.939 bits per heavy atom. The van der Waals surface area contributed by atoms with E-state index in [1.807, 2.05) is 0 Å². The van der Waals surface area contributed by atoms with Crippen LogP contribution in [0.3, 0.4) is 0 Å². The first-order valence-electron chi connectivity index (χ1n) is 33.8. The van der Waals surface area contributed by atoms with E-state index in [0.717, 1.165) is 64.2 Å². The Morgan fingerprint density at radius 1 is 0.549 bits per heavy atom. The summed E-state index contributed by atoms with van der Waals surface area (Å²) < 4.78 is 18.0. The van der Waals surface area contributed by atoms with E-state index in [9.17, 15) is 39.6 Å². The number of hydrogen-bond acceptors (Lipinski definition) is 14. The third kappa shape index (κ3) is 40.5. The Hall–Kier alpha value is -2.83. The molecule has 1 saturated heterocycles. The van der Waals surface area contributed by atoms with Gasteiger partial charge in [-0.2, -0.15) is 11.8 Å². The number of nitrogens with one attached hydrogen (secondary N) is 2. The largest absolute Gasteiger partial charge is 0.462 e. The van der Waals surface area contributed by atoms with Gasteiger partial charge in [0.1, 0.15) is 43.2 Å². The maximum atomic E-state index is 13.9. The third-order valence-electron chi connectivity index (χ3n) is 16.0. The van der Waals surface area contributed by atoms with Gasteiger partial charge in [0.15, 0.2) is 12.1 Å². The number of aliphatic hydroxyl groups is 4. The van der Waals surface area contributed by atoms with Gasteiger partial charge in [0.25, 0.3) is 0 Å². The van der Waals surface area contributed by atoms with Crippen molar-refractivity contribution < 1.29 is 53.8 Å². The minimum atomic E-state index is -1.65. The van der Waals surface area contributed by atoms with E-state index in [1.165, 1.54) is 222 Å². The maximum absolute atomic E-state index is 13.9. The number of carbonyl (C=O) groups is 4. The molecule has 17 heteroatoms. The average molecular weight is 1180 g/mol. The molecule has 1 aromatic rings. The lowest BCUT2D eigenvalue weighted by atomic mass is 10.0. The van der Waals surface area contributed by atoms with Crippen molar-refractivity contribution in [3.63, 3.8) is 0 Å². The van der Waals surface area contributed by atoms with Crippen LogP contribution in [-0.4, -0.2) is 120 Å². The average Bonchev–Trinajstić information content (AvgIpc) is 4.27. The molecule has 2 unspecified atom stereocenters. The highest BCUT2D eigenvalue weighted by atomic mass is 32.2. The highest BCUT2D eigenvalue weighted by Gasteiger charge is 2.45. The van der Waals surface area contributed by atoms with Crippen LogP contribution in [0.15, 0.2) is 6.20 Å². The lowest BCUT2D eigenvalue weighted by molar-refractivity contribution is -0.157. The molecule has 0 bridgehead atoms. The molecule has 1 aliphatic heterocycles. The fourth-order valence-corrected chi connectivity index (χ4v) is 11.8. The lowest BCUT2D eigenvalue weighted by Crippen LogP contribution is -2.45. The number of carbonyl (C=O) groups excluding carboxylic acids is 4. The van der Waals surface area contributed by atoms with E-state index in [4.69, 9.17) is 14.2 Å². The lowest BCUT2D eigenvalue weighted by Gasteiger charge is -2.21. The molecule has 1 aliphatic rings. The summed E-state index contributed by atoms with van der Waals surface area (Å²) in [4.78, 5) is 53.7. The Labute approximate surface area is 502 Å². The summed E-state index contributed by atoms with van der Waals surface area (Å²) in [7, 11) is 0. The minimum Gasteiger partial charge on any atom is -0.462 e. The Bertz CT molecular complexity index is 1690. The van der Waals surface area contributed by atoms with Crippen LogP contribution in [-0.2, 0) is 39.9 Å². The number of aromatic nitrogens is 3. The molecule has 0 spiro atoms. The van der Waals surface area contributed by atoms with E-state index >= 15 is 0 Å². The zero-order valence-electron chi connectivity index (χ0n) is 52.2. The van der Waals surface area contributed by atoms with E-state index in [0.29, 0.717) is 12.8 Å². The summed E-state index contributed by atoms with van der Waals surface area (Å²) in [5.41, 5.74) is 0. The molecule has 0 saturated carbocycles. The smallest absolute Gasteiger partial charge is 0.306 e. The standard InChI is InChI=1S/C65H121N5O11S/c1-4-7-10-13-16-19-22-25-28-31-34-37-40-43-46-58(72)66-55(64(77)67-57-50-70(69-68-57)49-56(71)63-61(75)62(76)65(78)81-63)53-82-52-54(80-60(74)48-45-42-39-36-33-30-27-24-21-18-15-12-9-6-3)51-79-59(73)47-44-41-38-35-32-29-26-23-20-17-14-11-8-5-2/h50,54-56,61-63,65,71,75-76,78H,4-49,51-53H2,1-3H3,(H,66,72)(H,67,77)/t54-,55-,56+,61+,62+,63?,65?/m1/s1. The van der Waals surface area contributed by atoms with Gasteiger partial charge >= 0.3 is 11.9 Å². The molecule has 2 amide bonds. The predicted octanol–water partition coefficient (Wildman–Crippen LogP) is 14.3. The molecule has 1 aromatic heterocycles. The molecule has 1 fully saturated rings. The van der Waals surface area contributed by atoms with Crippen LogP contribution in [0, 0.1) is 0 Å². The fourth-order valence-electron chi connectivity index (χ4n) is 10.8. The molecular weight excluding hydrogens is 1060 g/mol. The highest BCUT2D eigenvalue weighted by Crippen LogP contribution is 2.24. The Balaban J connectivity index is 1.96. The SMILES string of the molecule is CCCCCCCCCCCCCCCCC(=O)N[C@H](CSC[C@@H](COC(=O)CCCCCCCCCCCCCCCC)OC(=O)CCCCCCCCCCCCCCCC)C(=O)Nc1cn(C[C@H](O)C2OC(O)[C@@H](O)[C@@H]2O)nn1. The molecule has 16 nitrogen and oxygen atoms in total. The van der Waals surface area contributed by atoms with Crippen LogP contribution in [0.5, 0.6) is 0 Å². The summed E-state index contributed by atoms with van der Waals surface area (Å²) in [6, 6.07) is -1.01. The molecule has 0 aliphatic carbocycles. The number of rotatable bonds is 58. The molecule has 0 aromatic carbocycles. The van der Waals surface area contributed by atoms with E-state index in [2.05, 4.69) is 41.7 Å². The van der Waals surface area contributed by atoms with Gasteiger partial charge in [-0.05, 0) is 19.3 Å². The van der Waals surface area contributed by atoms with Gasteiger partial charge in [0.05, 0.1) is 12.7 Å². The molecule has 7 atom stereocenters.